The first-order valence-corrected chi connectivity index (χ1v) is 14.0. The Labute approximate surface area is 252 Å². The van der Waals surface area contributed by atoms with Crippen molar-refractivity contribution in [3.63, 3.8) is 0 Å². The van der Waals surface area contributed by atoms with E-state index in [0.717, 1.165) is 11.6 Å². The van der Waals surface area contributed by atoms with Crippen LogP contribution in [0.1, 0.15) is 36.1 Å². The molecular formula is C30H25ClF6N2O3S. The van der Waals surface area contributed by atoms with Crippen molar-refractivity contribution in [2.75, 3.05) is 11.4 Å². The molecule has 1 aromatic heterocycles. The topological polar surface area (TPSA) is 62.7 Å². The second kappa shape index (κ2) is 12.5. The van der Waals surface area contributed by atoms with Crippen LogP contribution in [0.2, 0.25) is 5.02 Å². The first-order chi connectivity index (χ1) is 20.0. The van der Waals surface area contributed by atoms with Gasteiger partial charge < -0.3 is 14.7 Å². The number of aromatic nitrogens is 1. The fourth-order valence-electron chi connectivity index (χ4n) is 4.13. The van der Waals surface area contributed by atoms with Crippen molar-refractivity contribution < 1.29 is 41.0 Å². The number of rotatable bonds is 10. The Bertz CT molecular complexity index is 1590. The zero-order valence-electron chi connectivity index (χ0n) is 22.8. The number of hydrogen-bond donors (Lipinski definition) is 1. The molecular weight excluding hydrogens is 618 g/mol. The summed E-state index contributed by atoms with van der Waals surface area (Å²) in [5.41, 5.74) is -2.68. The zero-order valence-corrected chi connectivity index (χ0v) is 24.3. The summed E-state index contributed by atoms with van der Waals surface area (Å²) >= 11 is 7.47. The van der Waals surface area contributed by atoms with Crippen molar-refractivity contribution >= 4 is 34.0 Å². The molecule has 4 rings (SSSR count). The molecule has 0 saturated heterocycles. The third kappa shape index (κ3) is 7.99. The van der Waals surface area contributed by atoms with Crippen molar-refractivity contribution in [1.29, 1.82) is 0 Å². The highest BCUT2D eigenvalue weighted by molar-refractivity contribution is 7.14. The minimum atomic E-state index is -5.02. The van der Waals surface area contributed by atoms with Gasteiger partial charge in [0, 0.05) is 29.1 Å². The van der Waals surface area contributed by atoms with Gasteiger partial charge in [-0.1, -0.05) is 48.0 Å². The summed E-state index contributed by atoms with van der Waals surface area (Å²) in [6.45, 7) is 2.61. The lowest BCUT2D eigenvalue weighted by Crippen LogP contribution is -2.37. The number of alkyl halides is 6. The molecule has 0 aliphatic rings. The van der Waals surface area contributed by atoms with E-state index >= 15 is 0 Å². The maximum absolute atomic E-state index is 13.9. The number of carbonyl (C=O) groups is 1. The molecule has 0 spiro atoms. The maximum atomic E-state index is 13.9. The van der Waals surface area contributed by atoms with Gasteiger partial charge in [0.05, 0.1) is 16.8 Å². The van der Waals surface area contributed by atoms with E-state index in [2.05, 4.69) is 4.98 Å². The predicted molar refractivity (Wildman–Crippen MR) is 153 cm³/mol. The summed E-state index contributed by atoms with van der Waals surface area (Å²) in [6.07, 6.45) is -9.63. The van der Waals surface area contributed by atoms with Crippen LogP contribution in [0.15, 0.2) is 72.1 Å². The van der Waals surface area contributed by atoms with E-state index in [1.165, 1.54) is 25.2 Å². The van der Waals surface area contributed by atoms with Gasteiger partial charge in [-0.05, 0) is 61.7 Å². The zero-order chi connectivity index (χ0) is 31.6. The van der Waals surface area contributed by atoms with Gasteiger partial charge in [0.1, 0.15) is 5.75 Å². The highest BCUT2D eigenvalue weighted by Crippen LogP contribution is 2.39. The van der Waals surface area contributed by atoms with Crippen molar-refractivity contribution in [2.24, 2.45) is 0 Å². The standard InChI is InChI=1S/C30H25ClF6N2O3S/c1-28(2,26(40)41)42-21-11-7-18(8-12-21)13-14-39(27-38-25(17-43-27)22-5-3-4-6-24(22)31)16-19-9-10-20(29(32,33)34)15-23(19)30(35,36)37/h3-12,15,17H,13-14,16H2,1-2H3,(H,40,41). The fraction of sp³-hybridized carbons (Fsp3) is 0.267. The number of nitrogens with zero attached hydrogens (tertiary/aromatic N) is 2. The Balaban J connectivity index is 1.65. The number of hydrogen-bond acceptors (Lipinski definition) is 5. The van der Waals surface area contributed by atoms with Crippen LogP contribution in [-0.2, 0) is 30.1 Å². The van der Waals surface area contributed by atoms with E-state index in [-0.39, 0.29) is 24.7 Å². The molecule has 0 radical (unpaired) electrons. The van der Waals surface area contributed by atoms with E-state index < -0.39 is 35.0 Å². The van der Waals surface area contributed by atoms with Gasteiger partial charge in [-0.3, -0.25) is 0 Å². The molecule has 43 heavy (non-hydrogen) atoms. The molecule has 13 heteroatoms. The highest BCUT2D eigenvalue weighted by Gasteiger charge is 2.38. The average molecular weight is 643 g/mol. The van der Waals surface area contributed by atoms with Crippen molar-refractivity contribution in [2.45, 2.75) is 44.8 Å². The summed E-state index contributed by atoms with van der Waals surface area (Å²) < 4.78 is 87.0. The third-order valence-corrected chi connectivity index (χ3v) is 7.73. The molecule has 0 fully saturated rings. The van der Waals surface area contributed by atoms with E-state index in [1.807, 2.05) is 0 Å². The van der Waals surface area contributed by atoms with Crippen LogP contribution in [0.3, 0.4) is 0 Å². The maximum Gasteiger partial charge on any atom is 0.416 e. The Kier molecular flexibility index (Phi) is 9.31. The van der Waals surface area contributed by atoms with Crippen molar-refractivity contribution in [1.82, 2.24) is 4.98 Å². The van der Waals surface area contributed by atoms with E-state index in [0.29, 0.717) is 39.6 Å². The van der Waals surface area contributed by atoms with E-state index in [1.54, 1.807) is 58.8 Å². The van der Waals surface area contributed by atoms with Crippen molar-refractivity contribution in [3.8, 4) is 17.0 Å². The summed E-state index contributed by atoms with van der Waals surface area (Å²) in [7, 11) is 0. The van der Waals surface area contributed by atoms with Crippen LogP contribution in [0.4, 0.5) is 31.5 Å². The van der Waals surface area contributed by atoms with Gasteiger partial charge in [0.25, 0.3) is 0 Å². The first-order valence-electron chi connectivity index (χ1n) is 12.8. The lowest BCUT2D eigenvalue weighted by atomic mass is 10.0. The Morgan fingerprint density at radius 2 is 1.65 bits per heavy atom. The second-order valence-corrected chi connectivity index (χ2v) is 11.3. The van der Waals surface area contributed by atoms with Gasteiger partial charge in [0.2, 0.25) is 0 Å². The average Bonchev–Trinajstić information content (AvgIpc) is 3.40. The van der Waals surface area contributed by atoms with E-state index in [4.69, 9.17) is 16.3 Å². The molecule has 0 aliphatic heterocycles. The molecule has 0 bridgehead atoms. The molecule has 0 amide bonds. The Morgan fingerprint density at radius 3 is 2.26 bits per heavy atom. The van der Waals surface area contributed by atoms with Crippen LogP contribution in [0.5, 0.6) is 5.75 Å². The first kappa shape index (κ1) is 32.2. The minimum Gasteiger partial charge on any atom is -0.478 e. The summed E-state index contributed by atoms with van der Waals surface area (Å²) in [5.74, 6) is -0.829. The van der Waals surface area contributed by atoms with Gasteiger partial charge in [-0.25, -0.2) is 9.78 Å². The molecule has 228 valence electrons. The molecule has 0 unspecified atom stereocenters. The van der Waals surface area contributed by atoms with Gasteiger partial charge in [-0.15, -0.1) is 11.3 Å². The predicted octanol–water partition coefficient (Wildman–Crippen LogP) is 8.99. The van der Waals surface area contributed by atoms with Crippen LogP contribution < -0.4 is 9.64 Å². The van der Waals surface area contributed by atoms with Gasteiger partial charge in [0.15, 0.2) is 10.7 Å². The molecule has 4 aromatic rings. The monoisotopic (exact) mass is 642 g/mol. The van der Waals surface area contributed by atoms with Gasteiger partial charge >= 0.3 is 18.3 Å². The quantitative estimate of drug-likeness (QED) is 0.175. The Morgan fingerprint density at radius 1 is 0.977 bits per heavy atom. The normalized spacial score (nSPS) is 12.3. The Hall–Kier alpha value is -3.77. The highest BCUT2D eigenvalue weighted by atomic mass is 35.5. The van der Waals surface area contributed by atoms with Crippen molar-refractivity contribution in [3.05, 3.63) is 99.4 Å². The smallest absolute Gasteiger partial charge is 0.416 e. The second-order valence-electron chi connectivity index (χ2n) is 10.1. The van der Waals surface area contributed by atoms with Crippen LogP contribution in [0.25, 0.3) is 11.3 Å². The molecule has 0 aliphatic carbocycles. The number of aliphatic carboxylic acids is 1. The molecule has 1 heterocycles. The number of benzene rings is 3. The number of carboxylic acids is 1. The van der Waals surface area contributed by atoms with Gasteiger partial charge in [-0.2, -0.15) is 26.3 Å². The molecule has 1 N–H and O–H groups in total. The number of carboxylic acid groups (broad SMARTS) is 1. The number of halogens is 7. The third-order valence-electron chi connectivity index (χ3n) is 6.50. The molecule has 0 atom stereocenters. The molecule has 0 saturated carbocycles. The van der Waals surface area contributed by atoms with E-state index in [9.17, 15) is 36.2 Å². The lowest BCUT2D eigenvalue weighted by Gasteiger charge is -2.25. The number of thiazole rings is 1. The summed E-state index contributed by atoms with van der Waals surface area (Å²) in [5, 5.41) is 11.8. The SMILES string of the molecule is CC(C)(Oc1ccc(CCN(Cc2ccc(C(F)(F)F)cc2C(F)(F)F)c2nc(-c3ccccc3Cl)cs2)cc1)C(=O)O. The number of anilines is 1. The van der Waals surface area contributed by atoms with Crippen LogP contribution >= 0.6 is 22.9 Å². The van der Waals surface area contributed by atoms with Crippen LogP contribution in [-0.4, -0.2) is 28.2 Å². The number of ether oxygens (including phenoxy) is 1. The fourth-order valence-corrected chi connectivity index (χ4v) is 5.22. The largest absolute Gasteiger partial charge is 0.478 e. The summed E-state index contributed by atoms with van der Waals surface area (Å²) in [6, 6.07) is 15.1. The lowest BCUT2D eigenvalue weighted by molar-refractivity contribution is -0.152. The van der Waals surface area contributed by atoms with Crippen LogP contribution in [0, 0.1) is 0 Å². The molecule has 5 nitrogen and oxygen atoms in total. The molecule has 3 aromatic carbocycles. The minimum absolute atomic E-state index is 0.127. The summed E-state index contributed by atoms with van der Waals surface area (Å²) in [4.78, 5) is 17.5.